The Kier molecular flexibility index (Phi) is 3.52. The van der Waals surface area contributed by atoms with Crippen LogP contribution >= 0.6 is 11.6 Å². The van der Waals surface area contributed by atoms with E-state index in [0.717, 1.165) is 18.4 Å². The Labute approximate surface area is 128 Å². The van der Waals surface area contributed by atoms with Gasteiger partial charge in [0.2, 0.25) is 0 Å². The first kappa shape index (κ1) is 14.2. The summed E-state index contributed by atoms with van der Waals surface area (Å²) in [5.41, 5.74) is 1.84. The Balaban J connectivity index is 1.97. The third-order valence-corrected chi connectivity index (χ3v) is 4.85. The highest BCUT2D eigenvalue weighted by Gasteiger charge is 2.43. The predicted octanol–water partition coefficient (Wildman–Crippen LogP) is 2.29. The summed E-state index contributed by atoms with van der Waals surface area (Å²) in [6.45, 7) is 2.95. The van der Waals surface area contributed by atoms with Crippen molar-refractivity contribution < 1.29 is 9.90 Å². The smallest absolute Gasteiger partial charge is 0.324 e. The fourth-order valence-electron chi connectivity index (χ4n) is 3.17. The molecule has 2 aliphatic heterocycles. The molecule has 3 rings (SSSR count). The molecule has 0 bridgehead atoms. The second kappa shape index (κ2) is 5.21. The molecule has 0 aliphatic carbocycles. The molecule has 0 aromatic heterocycles. The van der Waals surface area contributed by atoms with Crippen molar-refractivity contribution in [1.29, 1.82) is 5.26 Å². The summed E-state index contributed by atoms with van der Waals surface area (Å²) in [6.07, 6.45) is 1.08. The van der Waals surface area contributed by atoms with E-state index in [0.29, 0.717) is 29.4 Å². The van der Waals surface area contributed by atoms with Crippen LogP contribution in [0.5, 0.6) is 0 Å². The quantitative estimate of drug-likeness (QED) is 0.865. The van der Waals surface area contributed by atoms with Gasteiger partial charge in [-0.1, -0.05) is 11.6 Å². The number of halogens is 1. The molecule has 0 spiro atoms. The number of benzene rings is 1. The van der Waals surface area contributed by atoms with E-state index < -0.39 is 6.10 Å². The monoisotopic (exact) mass is 305 g/mol. The minimum Gasteiger partial charge on any atom is -0.391 e. The molecule has 2 fully saturated rings. The standard InChI is InChI=1S/C15H16ClN3O2/c1-9-11(5-4-10(7-17)14(9)16)19-8-12-13(20)3-2-6-18(12)15(19)21/h4-5,12-13,20H,2-3,6,8H2,1H3/t12-,13+/m1/s1. The number of nitrogens with zero attached hydrogens (tertiary/aromatic N) is 3. The maximum absolute atomic E-state index is 12.5. The van der Waals surface area contributed by atoms with Gasteiger partial charge in [-0.3, -0.25) is 4.90 Å². The van der Waals surface area contributed by atoms with Crippen molar-refractivity contribution in [2.24, 2.45) is 0 Å². The molecule has 21 heavy (non-hydrogen) atoms. The number of hydrogen-bond donors (Lipinski definition) is 1. The van der Waals surface area contributed by atoms with Crippen LogP contribution in [0.1, 0.15) is 24.0 Å². The maximum Gasteiger partial charge on any atom is 0.324 e. The van der Waals surface area contributed by atoms with Gasteiger partial charge in [-0.2, -0.15) is 5.26 Å². The number of carbonyl (C=O) groups is 1. The highest BCUT2D eigenvalue weighted by atomic mass is 35.5. The van der Waals surface area contributed by atoms with Gasteiger partial charge in [0.15, 0.2) is 0 Å². The number of fused-ring (bicyclic) bond motifs is 1. The summed E-state index contributed by atoms with van der Waals surface area (Å²) < 4.78 is 0. The molecule has 2 atom stereocenters. The fourth-order valence-corrected chi connectivity index (χ4v) is 3.37. The van der Waals surface area contributed by atoms with Crippen molar-refractivity contribution in [3.8, 4) is 6.07 Å². The summed E-state index contributed by atoms with van der Waals surface area (Å²) in [4.78, 5) is 15.9. The lowest BCUT2D eigenvalue weighted by molar-refractivity contribution is 0.0518. The van der Waals surface area contributed by atoms with E-state index in [9.17, 15) is 9.90 Å². The summed E-state index contributed by atoms with van der Waals surface area (Å²) in [5, 5.41) is 19.5. The summed E-state index contributed by atoms with van der Waals surface area (Å²) in [7, 11) is 0. The number of hydrogen-bond acceptors (Lipinski definition) is 3. The molecule has 1 aromatic rings. The van der Waals surface area contributed by atoms with Crippen LogP contribution in [0.3, 0.4) is 0 Å². The maximum atomic E-state index is 12.5. The first-order chi connectivity index (χ1) is 10.0. The second-order valence-electron chi connectivity index (χ2n) is 5.55. The zero-order valence-electron chi connectivity index (χ0n) is 11.7. The van der Waals surface area contributed by atoms with Crippen LogP contribution in [0.4, 0.5) is 10.5 Å². The van der Waals surface area contributed by atoms with Gasteiger partial charge in [0.1, 0.15) is 6.07 Å². The minimum absolute atomic E-state index is 0.0948. The summed E-state index contributed by atoms with van der Waals surface area (Å²) >= 11 is 6.18. The number of amides is 2. The van der Waals surface area contributed by atoms with Gasteiger partial charge in [-0.05, 0) is 37.5 Å². The van der Waals surface area contributed by atoms with E-state index >= 15 is 0 Å². The average Bonchev–Trinajstić information content (AvgIpc) is 2.81. The molecule has 110 valence electrons. The van der Waals surface area contributed by atoms with E-state index in [4.69, 9.17) is 16.9 Å². The van der Waals surface area contributed by atoms with Crippen LogP contribution < -0.4 is 4.90 Å². The third kappa shape index (κ3) is 2.15. The Hall–Kier alpha value is -1.77. The van der Waals surface area contributed by atoms with Crippen LogP contribution in [0.15, 0.2) is 12.1 Å². The zero-order chi connectivity index (χ0) is 15.1. The fraction of sp³-hybridized carbons (Fsp3) is 0.467. The number of carbonyl (C=O) groups excluding carboxylic acids is 1. The first-order valence-corrected chi connectivity index (χ1v) is 7.37. The summed E-state index contributed by atoms with van der Waals surface area (Å²) in [5.74, 6) is 0. The Morgan fingerprint density at radius 1 is 1.48 bits per heavy atom. The number of piperidine rings is 1. The van der Waals surface area contributed by atoms with E-state index in [1.165, 1.54) is 0 Å². The van der Waals surface area contributed by atoms with E-state index in [1.807, 2.05) is 6.07 Å². The minimum atomic E-state index is -0.471. The number of rotatable bonds is 1. The molecule has 2 amide bonds. The number of nitriles is 1. The van der Waals surface area contributed by atoms with Crippen LogP contribution in [0.2, 0.25) is 5.02 Å². The van der Waals surface area contributed by atoms with Gasteiger partial charge in [0.05, 0.1) is 29.3 Å². The van der Waals surface area contributed by atoms with Crippen LogP contribution in [-0.4, -0.2) is 41.3 Å². The average molecular weight is 306 g/mol. The number of aliphatic hydroxyl groups excluding tert-OH is 1. The Bertz CT molecular complexity index is 641. The number of aliphatic hydroxyl groups is 1. The Morgan fingerprint density at radius 2 is 2.24 bits per heavy atom. The molecule has 6 heteroatoms. The van der Waals surface area contributed by atoms with Crippen molar-refractivity contribution >= 4 is 23.3 Å². The van der Waals surface area contributed by atoms with Gasteiger partial charge in [0.25, 0.3) is 0 Å². The van der Waals surface area contributed by atoms with Crippen LogP contribution in [-0.2, 0) is 0 Å². The van der Waals surface area contributed by atoms with Crippen LogP contribution in [0, 0.1) is 18.3 Å². The topological polar surface area (TPSA) is 67.6 Å². The van der Waals surface area contributed by atoms with Gasteiger partial charge in [-0.15, -0.1) is 0 Å². The van der Waals surface area contributed by atoms with E-state index in [-0.39, 0.29) is 12.1 Å². The lowest BCUT2D eigenvalue weighted by Crippen LogP contribution is -2.46. The summed E-state index contributed by atoms with van der Waals surface area (Å²) in [6, 6.07) is 5.17. The molecule has 2 heterocycles. The molecule has 0 saturated carbocycles. The van der Waals surface area contributed by atoms with E-state index in [2.05, 4.69) is 0 Å². The lowest BCUT2D eigenvalue weighted by atomic mass is 10.0. The van der Waals surface area contributed by atoms with Crippen LogP contribution in [0.25, 0.3) is 0 Å². The first-order valence-electron chi connectivity index (χ1n) is 7.00. The third-order valence-electron chi connectivity index (χ3n) is 4.36. The second-order valence-corrected chi connectivity index (χ2v) is 5.92. The Morgan fingerprint density at radius 3 is 2.90 bits per heavy atom. The molecule has 2 aliphatic rings. The molecule has 1 aromatic carbocycles. The molecule has 0 radical (unpaired) electrons. The van der Waals surface area contributed by atoms with Crippen molar-refractivity contribution in [3.05, 3.63) is 28.3 Å². The van der Waals surface area contributed by atoms with Gasteiger partial charge < -0.3 is 10.0 Å². The molecular formula is C15H16ClN3O2. The lowest BCUT2D eigenvalue weighted by Gasteiger charge is -2.31. The SMILES string of the molecule is Cc1c(N2C[C@@H]3[C@@H](O)CCCN3C2=O)ccc(C#N)c1Cl. The molecule has 2 saturated heterocycles. The highest BCUT2D eigenvalue weighted by Crippen LogP contribution is 2.35. The van der Waals surface area contributed by atoms with Gasteiger partial charge >= 0.3 is 6.03 Å². The molecular weight excluding hydrogens is 290 g/mol. The predicted molar refractivity (Wildman–Crippen MR) is 79.4 cm³/mol. The largest absolute Gasteiger partial charge is 0.391 e. The number of urea groups is 1. The van der Waals surface area contributed by atoms with Crippen molar-refractivity contribution in [2.45, 2.75) is 31.9 Å². The number of anilines is 1. The van der Waals surface area contributed by atoms with Gasteiger partial charge in [-0.25, -0.2) is 4.79 Å². The molecule has 0 unspecified atom stereocenters. The molecule has 1 N–H and O–H groups in total. The van der Waals surface area contributed by atoms with Crippen molar-refractivity contribution in [1.82, 2.24) is 4.90 Å². The van der Waals surface area contributed by atoms with Crippen molar-refractivity contribution in [2.75, 3.05) is 18.0 Å². The molecule has 5 nitrogen and oxygen atoms in total. The van der Waals surface area contributed by atoms with Gasteiger partial charge in [0, 0.05) is 12.2 Å². The van der Waals surface area contributed by atoms with Crippen molar-refractivity contribution in [3.63, 3.8) is 0 Å². The van der Waals surface area contributed by atoms with E-state index in [1.54, 1.807) is 28.9 Å². The highest BCUT2D eigenvalue weighted by molar-refractivity contribution is 6.33. The normalized spacial score (nSPS) is 25.0. The zero-order valence-corrected chi connectivity index (χ0v) is 12.5.